The van der Waals surface area contributed by atoms with Crippen molar-refractivity contribution < 1.29 is 60.7 Å². The molecule has 1 aromatic heterocycles. The molecule has 0 spiro atoms. The van der Waals surface area contributed by atoms with Gasteiger partial charge in [0.15, 0.2) is 56.3 Å². The van der Waals surface area contributed by atoms with Gasteiger partial charge < -0.3 is 0 Å². The number of imidazole rings is 1. The molecule has 0 atom stereocenters. The van der Waals surface area contributed by atoms with Gasteiger partial charge in [0.1, 0.15) is 0 Å². The molecule has 4 aromatic rings. The van der Waals surface area contributed by atoms with Crippen LogP contribution in [-0.4, -0.2) is 24.8 Å². The Hall–Kier alpha value is -3.87. The summed E-state index contributed by atoms with van der Waals surface area (Å²) in [7, 11) is -12.5. The van der Waals surface area contributed by atoms with Crippen LogP contribution in [0.25, 0.3) is 11.0 Å². The molecule has 202 valence electrons. The fourth-order valence-corrected chi connectivity index (χ4v) is 6.45. The summed E-state index contributed by atoms with van der Waals surface area (Å²) in [4.78, 5) is 7.77. The average Bonchev–Trinajstić information content (AvgIpc) is 3.16. The number of aromatic nitrogens is 2. The van der Waals surface area contributed by atoms with Gasteiger partial charge >= 0.3 is 5.69 Å². The van der Waals surface area contributed by atoms with Gasteiger partial charge in [-0.2, -0.15) is 7.94 Å². The van der Waals surface area contributed by atoms with Gasteiger partial charge in [0.25, 0.3) is 20.0 Å². The summed E-state index contributed by atoms with van der Waals surface area (Å²) in [5.41, 5.74) is -4.83. The lowest BCUT2D eigenvalue weighted by molar-refractivity contribution is 0.357. The van der Waals surface area contributed by atoms with Crippen molar-refractivity contribution in [2.75, 3.05) is 0 Å². The minimum atomic E-state index is -6.26. The van der Waals surface area contributed by atoms with E-state index < -0.39 is 113 Å². The molecule has 1 heterocycles. The van der Waals surface area contributed by atoms with E-state index in [1.165, 1.54) is 0 Å². The van der Waals surface area contributed by atoms with Crippen molar-refractivity contribution in [2.24, 2.45) is 0 Å². The molecule has 7 nitrogen and oxygen atoms in total. The van der Waals surface area contributed by atoms with Crippen molar-refractivity contribution in [3.8, 4) is 0 Å². The second-order valence-electron chi connectivity index (χ2n) is 7.11. The largest absolute Gasteiger partial charge is 0.357 e. The molecule has 0 bridgehead atoms. The van der Waals surface area contributed by atoms with Crippen molar-refractivity contribution >= 4 is 31.1 Å². The highest BCUT2D eigenvalue weighted by molar-refractivity contribution is 7.91. The van der Waals surface area contributed by atoms with Crippen LogP contribution in [0.3, 0.4) is 0 Å². The van der Waals surface area contributed by atoms with Crippen LogP contribution in [0, 0.1) is 58.2 Å². The molecule has 0 saturated heterocycles. The Morgan fingerprint density at radius 3 is 0.947 bits per heavy atom. The Bertz CT molecular complexity index is 1790. The van der Waals surface area contributed by atoms with E-state index >= 15 is 0 Å². The summed E-state index contributed by atoms with van der Waals surface area (Å²) in [5, 5.41) is 0. The summed E-state index contributed by atoms with van der Waals surface area (Å²) in [6.07, 6.45) is 0. The lowest BCUT2D eigenvalue weighted by atomic mass is 10.3. The highest BCUT2D eigenvalue weighted by Crippen LogP contribution is 2.32. The van der Waals surface area contributed by atoms with E-state index in [9.17, 15) is 65.5 Å². The van der Waals surface area contributed by atoms with E-state index in [0.29, 0.717) is 12.1 Å². The van der Waals surface area contributed by atoms with Crippen LogP contribution in [0.5, 0.6) is 0 Å². The first-order chi connectivity index (χ1) is 17.5. The van der Waals surface area contributed by atoms with Gasteiger partial charge in [0, 0.05) is 0 Å². The van der Waals surface area contributed by atoms with E-state index in [4.69, 9.17) is 0 Å². The van der Waals surface area contributed by atoms with Crippen LogP contribution in [0.1, 0.15) is 0 Å². The lowest BCUT2D eigenvalue weighted by Crippen LogP contribution is -2.35. The maximum absolute atomic E-state index is 14.3. The van der Waals surface area contributed by atoms with Gasteiger partial charge in [-0.1, -0.05) is 12.1 Å². The topological polar surface area (TPSA) is 95.2 Å². The third-order valence-corrected chi connectivity index (χ3v) is 8.42. The number of fused-ring (bicyclic) bond motifs is 1. The van der Waals surface area contributed by atoms with Gasteiger partial charge in [-0.05, 0) is 12.1 Å². The third kappa shape index (κ3) is 3.44. The second-order valence-corrected chi connectivity index (χ2v) is 10.6. The van der Waals surface area contributed by atoms with Crippen molar-refractivity contribution in [3.05, 3.63) is 92.9 Å². The Morgan fingerprint density at radius 2 is 0.684 bits per heavy atom. The first kappa shape index (κ1) is 27.2. The Morgan fingerprint density at radius 1 is 0.447 bits per heavy atom. The number of nitrogens with zero attached hydrogens (tertiary/aromatic N) is 2. The standard InChI is InChI=1S/C19H4F10N2O5S2/c20-7-9(22)13(26)17(14(27)10(7)23)37(33,34)30-5-3-1-2-4-6(5)31(19(30)32)38(35,36)18-15(28)11(24)8(21)12(25)16(18)29/h1-4H. The maximum atomic E-state index is 14.3. The van der Waals surface area contributed by atoms with E-state index in [0.717, 1.165) is 12.1 Å². The van der Waals surface area contributed by atoms with Crippen molar-refractivity contribution in [2.45, 2.75) is 9.79 Å². The van der Waals surface area contributed by atoms with Crippen LogP contribution >= 0.6 is 0 Å². The second kappa shape index (κ2) is 8.58. The molecule has 0 amide bonds. The fraction of sp³-hybridized carbons (Fsp3) is 0. The summed E-state index contributed by atoms with van der Waals surface area (Å²) >= 11 is 0. The Labute approximate surface area is 202 Å². The first-order valence-corrected chi connectivity index (χ1v) is 12.1. The van der Waals surface area contributed by atoms with Crippen molar-refractivity contribution in [1.82, 2.24) is 7.94 Å². The SMILES string of the molecule is O=c1n(S(=O)(=O)c2c(F)c(F)c(F)c(F)c2F)c2ccccc2n1S(=O)(=O)c1c(F)c(F)c(F)c(F)c1F. The maximum Gasteiger partial charge on any atom is 0.357 e. The molecule has 0 saturated carbocycles. The summed E-state index contributed by atoms with van der Waals surface area (Å²) in [5.74, 6) is -28.5. The molecule has 0 fully saturated rings. The van der Waals surface area contributed by atoms with Gasteiger partial charge in [-0.25, -0.2) is 65.5 Å². The molecule has 0 radical (unpaired) electrons. The zero-order chi connectivity index (χ0) is 28.6. The van der Waals surface area contributed by atoms with Gasteiger partial charge in [0.05, 0.1) is 11.0 Å². The number of benzene rings is 3. The van der Waals surface area contributed by atoms with Gasteiger partial charge in [-0.15, -0.1) is 0 Å². The first-order valence-electron chi connectivity index (χ1n) is 9.26. The van der Waals surface area contributed by atoms with E-state index in [1.807, 2.05) is 0 Å². The van der Waals surface area contributed by atoms with E-state index in [1.54, 1.807) is 0 Å². The predicted molar refractivity (Wildman–Crippen MR) is 104 cm³/mol. The fourth-order valence-electron chi connectivity index (χ4n) is 3.37. The molecule has 3 aromatic carbocycles. The predicted octanol–water partition coefficient (Wildman–Crippen LogP) is 3.67. The average molecular weight is 594 g/mol. The smallest absolute Gasteiger partial charge is 0.245 e. The van der Waals surface area contributed by atoms with Crippen LogP contribution in [0.2, 0.25) is 0 Å². The lowest BCUT2D eigenvalue weighted by Gasteiger charge is -2.11. The molecule has 4 rings (SSSR count). The van der Waals surface area contributed by atoms with Crippen molar-refractivity contribution in [3.63, 3.8) is 0 Å². The molecule has 0 aliphatic carbocycles. The molecule has 19 heteroatoms. The van der Waals surface area contributed by atoms with Gasteiger partial charge in [0.2, 0.25) is 11.6 Å². The van der Waals surface area contributed by atoms with Crippen molar-refractivity contribution in [1.29, 1.82) is 0 Å². The monoisotopic (exact) mass is 594 g/mol. The quantitative estimate of drug-likeness (QED) is 0.204. The summed E-state index contributed by atoms with van der Waals surface area (Å²) in [6.45, 7) is 0. The number of para-hydroxylation sites is 2. The minimum Gasteiger partial charge on any atom is -0.245 e. The minimum absolute atomic E-state index is 0.560. The van der Waals surface area contributed by atoms with E-state index in [2.05, 4.69) is 0 Å². The summed E-state index contributed by atoms with van der Waals surface area (Å²) < 4.78 is 189. The van der Waals surface area contributed by atoms with Crippen LogP contribution < -0.4 is 5.69 Å². The molecule has 38 heavy (non-hydrogen) atoms. The molecule has 0 N–H and O–H groups in total. The zero-order valence-electron chi connectivity index (χ0n) is 17.3. The highest BCUT2D eigenvalue weighted by Gasteiger charge is 2.41. The Balaban J connectivity index is 2.19. The third-order valence-electron chi connectivity index (χ3n) is 5.00. The van der Waals surface area contributed by atoms with Gasteiger partial charge in [-0.3, -0.25) is 0 Å². The number of halogens is 10. The molecule has 0 unspecified atom stereocenters. The molecule has 0 aliphatic heterocycles. The summed E-state index contributed by atoms with van der Waals surface area (Å²) in [6, 6.07) is 2.87. The van der Waals surface area contributed by atoms with Crippen LogP contribution in [0.15, 0.2) is 38.9 Å². The zero-order valence-corrected chi connectivity index (χ0v) is 19.0. The molecular weight excluding hydrogens is 590 g/mol. The number of hydrogen-bond acceptors (Lipinski definition) is 5. The van der Waals surface area contributed by atoms with Crippen LogP contribution in [0.4, 0.5) is 43.9 Å². The van der Waals surface area contributed by atoms with E-state index in [-0.39, 0.29) is 0 Å². The van der Waals surface area contributed by atoms with Crippen LogP contribution in [-0.2, 0) is 20.0 Å². The number of hydrogen-bond donors (Lipinski definition) is 0. The highest BCUT2D eigenvalue weighted by atomic mass is 32.2. The molecular formula is C19H4F10N2O5S2. The normalized spacial score (nSPS) is 12.5. The molecule has 0 aliphatic rings. The Kier molecular flexibility index (Phi) is 6.14. The number of rotatable bonds is 4.